The number of carbonyl (C=O) groups is 3. The summed E-state index contributed by atoms with van der Waals surface area (Å²) < 4.78 is 0. The van der Waals surface area contributed by atoms with E-state index in [-0.39, 0.29) is 29.8 Å². The lowest BCUT2D eigenvalue weighted by molar-refractivity contribution is -0.121. The molecular weight excluding hydrogens is 270 g/mol. The number of hydrogen-bond donors (Lipinski definition) is 2. The lowest BCUT2D eigenvalue weighted by atomic mass is 10.1. The molecule has 1 heterocycles. The zero-order valence-corrected chi connectivity index (χ0v) is 11.6. The average Bonchev–Trinajstić information content (AvgIpc) is 3.21. The molecule has 3 rings (SSSR count). The van der Waals surface area contributed by atoms with Crippen LogP contribution in [0.25, 0.3) is 0 Å². The van der Waals surface area contributed by atoms with Gasteiger partial charge in [-0.3, -0.25) is 19.3 Å². The van der Waals surface area contributed by atoms with Crippen LogP contribution < -0.4 is 11.1 Å². The summed E-state index contributed by atoms with van der Waals surface area (Å²) in [4.78, 5) is 37.1. The fourth-order valence-corrected chi connectivity index (χ4v) is 2.49. The van der Waals surface area contributed by atoms with Gasteiger partial charge in [-0.25, -0.2) is 0 Å². The number of benzene rings is 1. The van der Waals surface area contributed by atoms with E-state index in [0.29, 0.717) is 30.1 Å². The molecule has 1 saturated carbocycles. The highest BCUT2D eigenvalue weighted by Crippen LogP contribution is 2.27. The number of fused-ring (bicyclic) bond motifs is 1. The highest BCUT2D eigenvalue weighted by atomic mass is 16.2. The van der Waals surface area contributed by atoms with Crippen LogP contribution in [0.3, 0.4) is 0 Å². The third-order valence-corrected chi connectivity index (χ3v) is 3.76. The predicted octanol–water partition coefficient (Wildman–Crippen LogP) is 0.924. The van der Waals surface area contributed by atoms with Crippen LogP contribution in [0, 0.1) is 0 Å². The Bertz CT molecular complexity index is 623. The Morgan fingerprint density at radius 1 is 1.29 bits per heavy atom. The van der Waals surface area contributed by atoms with Crippen LogP contribution in [0.5, 0.6) is 0 Å². The van der Waals surface area contributed by atoms with Gasteiger partial charge < -0.3 is 11.1 Å². The summed E-state index contributed by atoms with van der Waals surface area (Å²) in [6.45, 7) is 0.240. The van der Waals surface area contributed by atoms with Gasteiger partial charge in [0.05, 0.1) is 11.1 Å². The SMILES string of the molecule is Nc1cccc2c1C(=O)N(CCCC(=O)NC1CC1)C2=O. The van der Waals surface area contributed by atoms with Crippen molar-refractivity contribution >= 4 is 23.4 Å². The Kier molecular flexibility index (Phi) is 3.37. The molecule has 0 radical (unpaired) electrons. The molecule has 1 aromatic rings. The maximum absolute atomic E-state index is 12.2. The maximum Gasteiger partial charge on any atom is 0.263 e. The zero-order chi connectivity index (χ0) is 15.0. The van der Waals surface area contributed by atoms with Crippen molar-refractivity contribution in [1.82, 2.24) is 10.2 Å². The van der Waals surface area contributed by atoms with Gasteiger partial charge in [-0.05, 0) is 31.4 Å². The Hall–Kier alpha value is -2.37. The fourth-order valence-electron chi connectivity index (χ4n) is 2.49. The topological polar surface area (TPSA) is 92.5 Å². The minimum atomic E-state index is -0.365. The van der Waals surface area contributed by atoms with Gasteiger partial charge in [-0.1, -0.05) is 6.07 Å². The second kappa shape index (κ2) is 5.20. The largest absolute Gasteiger partial charge is 0.398 e. The molecule has 1 aliphatic carbocycles. The van der Waals surface area contributed by atoms with Gasteiger partial charge in [0.25, 0.3) is 11.8 Å². The van der Waals surface area contributed by atoms with Gasteiger partial charge in [-0.15, -0.1) is 0 Å². The monoisotopic (exact) mass is 287 g/mol. The number of nitrogen functional groups attached to an aromatic ring is 1. The van der Waals surface area contributed by atoms with Crippen molar-refractivity contribution in [2.45, 2.75) is 31.7 Å². The van der Waals surface area contributed by atoms with Crippen molar-refractivity contribution in [3.63, 3.8) is 0 Å². The van der Waals surface area contributed by atoms with Crippen molar-refractivity contribution < 1.29 is 14.4 Å². The molecule has 110 valence electrons. The van der Waals surface area contributed by atoms with Crippen LogP contribution in [0.4, 0.5) is 5.69 Å². The smallest absolute Gasteiger partial charge is 0.263 e. The summed E-state index contributed by atoms with van der Waals surface area (Å²) in [7, 11) is 0. The van der Waals surface area contributed by atoms with E-state index in [1.165, 1.54) is 4.90 Å². The van der Waals surface area contributed by atoms with Crippen LogP contribution in [-0.4, -0.2) is 35.2 Å². The molecule has 3 N–H and O–H groups in total. The summed E-state index contributed by atoms with van der Waals surface area (Å²) in [6.07, 6.45) is 2.87. The molecule has 1 aromatic carbocycles. The molecule has 6 nitrogen and oxygen atoms in total. The van der Waals surface area contributed by atoms with Crippen LogP contribution in [-0.2, 0) is 4.79 Å². The molecule has 0 spiro atoms. The molecule has 0 bridgehead atoms. The summed E-state index contributed by atoms with van der Waals surface area (Å²) in [5.74, 6) is -0.714. The number of nitrogens with two attached hydrogens (primary N) is 1. The molecule has 21 heavy (non-hydrogen) atoms. The van der Waals surface area contributed by atoms with Crippen LogP contribution in [0.1, 0.15) is 46.4 Å². The molecule has 2 aliphatic rings. The summed E-state index contributed by atoms with van der Waals surface area (Å²) in [5.41, 5.74) is 6.71. The quantitative estimate of drug-likeness (QED) is 0.622. The molecule has 0 saturated heterocycles. The third-order valence-electron chi connectivity index (χ3n) is 3.76. The van der Waals surface area contributed by atoms with Crippen molar-refractivity contribution in [1.29, 1.82) is 0 Å². The summed E-state index contributed by atoms with van der Waals surface area (Å²) >= 11 is 0. The van der Waals surface area contributed by atoms with E-state index >= 15 is 0 Å². The van der Waals surface area contributed by atoms with Gasteiger partial charge in [0.2, 0.25) is 5.91 Å². The Labute approximate surface area is 122 Å². The van der Waals surface area contributed by atoms with Crippen LogP contribution in [0.2, 0.25) is 0 Å². The van der Waals surface area contributed by atoms with E-state index in [4.69, 9.17) is 5.73 Å². The first-order valence-corrected chi connectivity index (χ1v) is 7.12. The molecular formula is C15H17N3O3. The van der Waals surface area contributed by atoms with Crippen molar-refractivity contribution in [3.05, 3.63) is 29.3 Å². The predicted molar refractivity (Wildman–Crippen MR) is 76.6 cm³/mol. The number of carbonyl (C=O) groups excluding carboxylic acids is 3. The molecule has 3 amide bonds. The number of imide groups is 1. The third kappa shape index (κ3) is 2.61. The summed E-state index contributed by atoms with van der Waals surface area (Å²) in [5, 5.41) is 2.88. The second-order valence-corrected chi connectivity index (χ2v) is 5.48. The average molecular weight is 287 g/mol. The molecule has 6 heteroatoms. The van der Waals surface area contributed by atoms with E-state index < -0.39 is 0 Å². The molecule has 1 fully saturated rings. The number of rotatable bonds is 5. The van der Waals surface area contributed by atoms with Crippen molar-refractivity contribution in [3.8, 4) is 0 Å². The molecule has 0 atom stereocenters. The Morgan fingerprint density at radius 3 is 2.71 bits per heavy atom. The van der Waals surface area contributed by atoms with E-state index in [2.05, 4.69) is 5.32 Å². The van der Waals surface area contributed by atoms with Gasteiger partial charge in [0.1, 0.15) is 0 Å². The molecule has 0 unspecified atom stereocenters. The lowest BCUT2D eigenvalue weighted by Gasteiger charge is -2.13. The van der Waals surface area contributed by atoms with Crippen molar-refractivity contribution in [2.24, 2.45) is 0 Å². The van der Waals surface area contributed by atoms with E-state index in [1.54, 1.807) is 18.2 Å². The minimum Gasteiger partial charge on any atom is -0.398 e. The number of amides is 3. The number of nitrogens with zero attached hydrogens (tertiary/aromatic N) is 1. The highest BCUT2D eigenvalue weighted by Gasteiger charge is 2.36. The molecule has 1 aliphatic heterocycles. The van der Waals surface area contributed by atoms with E-state index in [9.17, 15) is 14.4 Å². The highest BCUT2D eigenvalue weighted by molar-refractivity contribution is 6.23. The first-order valence-electron chi connectivity index (χ1n) is 7.12. The van der Waals surface area contributed by atoms with Gasteiger partial charge >= 0.3 is 0 Å². The van der Waals surface area contributed by atoms with Gasteiger partial charge in [0.15, 0.2) is 0 Å². The Balaban J connectivity index is 1.59. The van der Waals surface area contributed by atoms with E-state index in [0.717, 1.165) is 12.8 Å². The first-order chi connectivity index (χ1) is 10.1. The Morgan fingerprint density at radius 2 is 2.05 bits per heavy atom. The van der Waals surface area contributed by atoms with Crippen LogP contribution in [0.15, 0.2) is 18.2 Å². The first kappa shape index (κ1) is 13.6. The van der Waals surface area contributed by atoms with E-state index in [1.807, 2.05) is 0 Å². The van der Waals surface area contributed by atoms with Gasteiger partial charge in [-0.2, -0.15) is 0 Å². The number of anilines is 1. The lowest BCUT2D eigenvalue weighted by Crippen LogP contribution is -2.32. The minimum absolute atomic E-state index is 0.0198. The summed E-state index contributed by atoms with van der Waals surface area (Å²) in [6, 6.07) is 5.20. The second-order valence-electron chi connectivity index (χ2n) is 5.48. The standard InChI is InChI=1S/C15H17N3O3/c16-11-4-1-3-10-13(11)15(21)18(14(10)20)8-2-5-12(19)17-9-6-7-9/h1,3-4,9H,2,5-8,16H2,(H,17,19). The number of hydrogen-bond acceptors (Lipinski definition) is 4. The maximum atomic E-state index is 12.2. The van der Waals surface area contributed by atoms with Gasteiger partial charge in [0, 0.05) is 24.7 Å². The van der Waals surface area contributed by atoms with Crippen LogP contribution >= 0.6 is 0 Å². The van der Waals surface area contributed by atoms with Crippen molar-refractivity contribution in [2.75, 3.05) is 12.3 Å². The normalized spacial score (nSPS) is 17.0. The zero-order valence-electron chi connectivity index (χ0n) is 11.6. The fraction of sp³-hybridized carbons (Fsp3) is 0.400. The number of nitrogens with one attached hydrogen (secondary N) is 1. The molecule has 0 aromatic heterocycles.